The number of phenols is 2. The van der Waals surface area contributed by atoms with Crippen molar-refractivity contribution in [1.82, 2.24) is 10.3 Å². The van der Waals surface area contributed by atoms with Crippen LogP contribution in [0.2, 0.25) is 0 Å². The molecule has 0 saturated carbocycles. The lowest BCUT2D eigenvalue weighted by Gasteiger charge is -2.27. The topological polar surface area (TPSA) is 65.4 Å². The predicted molar refractivity (Wildman–Crippen MR) is 67.6 cm³/mol. The van der Waals surface area contributed by atoms with Crippen LogP contribution in [0.15, 0.2) is 36.7 Å². The van der Waals surface area contributed by atoms with E-state index in [0.717, 1.165) is 29.7 Å². The van der Waals surface area contributed by atoms with Gasteiger partial charge < -0.3 is 15.5 Å². The van der Waals surface area contributed by atoms with Crippen LogP contribution in [-0.4, -0.2) is 21.7 Å². The van der Waals surface area contributed by atoms with E-state index in [1.807, 2.05) is 18.3 Å². The van der Waals surface area contributed by atoms with Gasteiger partial charge in [-0.15, -0.1) is 0 Å². The SMILES string of the molecule is Oc1cc2c(cc1O)[C@@H](c1cccnc1)NCC2. The summed E-state index contributed by atoms with van der Waals surface area (Å²) >= 11 is 0. The van der Waals surface area contributed by atoms with Gasteiger partial charge in [0, 0.05) is 18.9 Å². The Labute approximate surface area is 105 Å². The summed E-state index contributed by atoms with van der Waals surface area (Å²) in [5.41, 5.74) is 3.13. The number of benzene rings is 1. The first kappa shape index (κ1) is 11.0. The number of aromatic nitrogens is 1. The van der Waals surface area contributed by atoms with E-state index in [2.05, 4.69) is 10.3 Å². The van der Waals surface area contributed by atoms with E-state index in [1.54, 1.807) is 18.3 Å². The van der Waals surface area contributed by atoms with Crippen molar-refractivity contribution in [2.24, 2.45) is 0 Å². The Bertz CT molecular complexity index is 570. The van der Waals surface area contributed by atoms with Crippen molar-refractivity contribution in [3.05, 3.63) is 53.3 Å². The summed E-state index contributed by atoms with van der Waals surface area (Å²) in [5.74, 6) is -0.132. The third-order valence-corrected chi connectivity index (χ3v) is 3.31. The minimum absolute atomic E-state index is 0.0222. The highest BCUT2D eigenvalue weighted by molar-refractivity contribution is 5.49. The molecule has 0 amide bonds. The van der Waals surface area contributed by atoms with Crippen LogP contribution in [0.5, 0.6) is 11.5 Å². The third-order valence-electron chi connectivity index (χ3n) is 3.31. The Kier molecular flexibility index (Phi) is 2.64. The molecule has 1 atom stereocenters. The molecule has 1 aromatic heterocycles. The number of aromatic hydroxyl groups is 2. The second kappa shape index (κ2) is 4.31. The van der Waals surface area contributed by atoms with Gasteiger partial charge in [0.1, 0.15) is 0 Å². The fourth-order valence-electron chi connectivity index (χ4n) is 2.43. The summed E-state index contributed by atoms with van der Waals surface area (Å²) in [6.07, 6.45) is 4.40. The maximum absolute atomic E-state index is 9.65. The fourth-order valence-corrected chi connectivity index (χ4v) is 2.43. The van der Waals surface area contributed by atoms with E-state index >= 15 is 0 Å². The van der Waals surface area contributed by atoms with Gasteiger partial charge >= 0.3 is 0 Å². The number of fused-ring (bicyclic) bond motifs is 1. The van der Waals surface area contributed by atoms with Crippen molar-refractivity contribution in [3.63, 3.8) is 0 Å². The van der Waals surface area contributed by atoms with E-state index < -0.39 is 0 Å². The van der Waals surface area contributed by atoms with Gasteiger partial charge in [-0.3, -0.25) is 4.98 Å². The van der Waals surface area contributed by atoms with Crippen LogP contribution in [-0.2, 0) is 6.42 Å². The molecule has 2 heterocycles. The molecule has 3 rings (SSSR count). The van der Waals surface area contributed by atoms with Gasteiger partial charge in [-0.25, -0.2) is 0 Å². The molecule has 4 nitrogen and oxygen atoms in total. The zero-order valence-corrected chi connectivity index (χ0v) is 9.80. The van der Waals surface area contributed by atoms with Crippen LogP contribution >= 0.6 is 0 Å². The van der Waals surface area contributed by atoms with Gasteiger partial charge in [0.2, 0.25) is 0 Å². The fraction of sp³-hybridized carbons (Fsp3) is 0.214. The molecule has 1 aliphatic rings. The Hall–Kier alpha value is -2.07. The van der Waals surface area contributed by atoms with Crippen molar-refractivity contribution in [3.8, 4) is 11.5 Å². The second-order valence-corrected chi connectivity index (χ2v) is 4.46. The number of hydrogen-bond acceptors (Lipinski definition) is 4. The molecule has 0 radical (unpaired) electrons. The number of rotatable bonds is 1. The standard InChI is InChI=1S/C14H14N2O2/c17-12-6-9-3-5-16-14(11(9)7-13(12)18)10-2-1-4-15-8-10/h1-2,4,6-8,14,16-18H,3,5H2/t14-/m1/s1. The Balaban J connectivity index is 2.09. The summed E-state index contributed by atoms with van der Waals surface area (Å²) < 4.78 is 0. The molecule has 0 aliphatic carbocycles. The van der Waals surface area contributed by atoms with Crippen LogP contribution in [0.4, 0.5) is 0 Å². The number of nitrogens with zero attached hydrogens (tertiary/aromatic N) is 1. The molecule has 0 spiro atoms. The van der Waals surface area contributed by atoms with Gasteiger partial charge in [0.25, 0.3) is 0 Å². The van der Waals surface area contributed by atoms with E-state index in [1.165, 1.54) is 0 Å². The van der Waals surface area contributed by atoms with Crippen molar-refractivity contribution in [2.45, 2.75) is 12.5 Å². The largest absolute Gasteiger partial charge is 0.504 e. The summed E-state index contributed by atoms with van der Waals surface area (Å²) in [6, 6.07) is 7.20. The molecule has 0 fully saturated rings. The molecule has 92 valence electrons. The van der Waals surface area contributed by atoms with Gasteiger partial charge in [0.05, 0.1) is 6.04 Å². The highest BCUT2D eigenvalue weighted by Crippen LogP contribution is 2.35. The number of pyridine rings is 1. The van der Waals surface area contributed by atoms with Crippen LogP contribution in [0, 0.1) is 0 Å². The van der Waals surface area contributed by atoms with Crippen molar-refractivity contribution >= 4 is 0 Å². The van der Waals surface area contributed by atoms with Crippen molar-refractivity contribution < 1.29 is 10.2 Å². The van der Waals surface area contributed by atoms with Gasteiger partial charge in [-0.05, 0) is 41.3 Å². The number of nitrogens with one attached hydrogen (secondary N) is 1. The summed E-state index contributed by atoms with van der Waals surface area (Å²) in [5, 5.41) is 22.6. The van der Waals surface area contributed by atoms with Gasteiger partial charge in [-0.2, -0.15) is 0 Å². The minimum atomic E-state index is -0.0775. The summed E-state index contributed by atoms with van der Waals surface area (Å²) in [6.45, 7) is 0.844. The van der Waals surface area contributed by atoms with Crippen LogP contribution in [0.3, 0.4) is 0 Å². The van der Waals surface area contributed by atoms with Crippen molar-refractivity contribution in [1.29, 1.82) is 0 Å². The lowest BCUT2D eigenvalue weighted by molar-refractivity contribution is 0.400. The maximum atomic E-state index is 9.65. The molecule has 3 N–H and O–H groups in total. The van der Waals surface area contributed by atoms with Crippen molar-refractivity contribution in [2.75, 3.05) is 6.54 Å². The molecular weight excluding hydrogens is 228 g/mol. The maximum Gasteiger partial charge on any atom is 0.157 e. The zero-order chi connectivity index (χ0) is 12.5. The number of hydrogen-bond donors (Lipinski definition) is 3. The lowest BCUT2D eigenvalue weighted by Crippen LogP contribution is -2.30. The second-order valence-electron chi connectivity index (χ2n) is 4.46. The Morgan fingerprint density at radius 1 is 1.22 bits per heavy atom. The van der Waals surface area contributed by atoms with Crippen LogP contribution in [0.1, 0.15) is 22.7 Å². The first-order valence-electron chi connectivity index (χ1n) is 5.94. The van der Waals surface area contributed by atoms with E-state index in [-0.39, 0.29) is 17.5 Å². The smallest absolute Gasteiger partial charge is 0.157 e. The molecular formula is C14H14N2O2. The average molecular weight is 242 g/mol. The Morgan fingerprint density at radius 3 is 2.83 bits per heavy atom. The number of phenolic OH excluding ortho intramolecular Hbond substituents is 2. The zero-order valence-electron chi connectivity index (χ0n) is 9.80. The average Bonchev–Trinajstić information content (AvgIpc) is 2.40. The highest BCUT2D eigenvalue weighted by atomic mass is 16.3. The molecule has 1 aromatic carbocycles. The molecule has 0 unspecified atom stereocenters. The first-order valence-corrected chi connectivity index (χ1v) is 5.94. The quantitative estimate of drug-likeness (QED) is 0.666. The van der Waals surface area contributed by atoms with Gasteiger partial charge in [-0.1, -0.05) is 6.07 Å². The lowest BCUT2D eigenvalue weighted by atomic mass is 9.90. The van der Waals surface area contributed by atoms with E-state index in [9.17, 15) is 10.2 Å². The minimum Gasteiger partial charge on any atom is -0.504 e. The first-order chi connectivity index (χ1) is 8.75. The molecule has 4 heteroatoms. The van der Waals surface area contributed by atoms with E-state index in [4.69, 9.17) is 0 Å². The summed E-state index contributed by atoms with van der Waals surface area (Å²) in [4.78, 5) is 4.12. The summed E-state index contributed by atoms with van der Waals surface area (Å²) in [7, 11) is 0. The molecule has 18 heavy (non-hydrogen) atoms. The Morgan fingerprint density at radius 2 is 2.06 bits per heavy atom. The molecule has 1 aliphatic heterocycles. The van der Waals surface area contributed by atoms with Crippen LogP contribution < -0.4 is 5.32 Å². The third kappa shape index (κ3) is 1.80. The monoisotopic (exact) mass is 242 g/mol. The molecule has 2 aromatic rings. The van der Waals surface area contributed by atoms with E-state index in [0.29, 0.717) is 0 Å². The predicted octanol–water partition coefficient (Wildman–Crippen LogP) is 1.73. The van der Waals surface area contributed by atoms with Gasteiger partial charge in [0.15, 0.2) is 11.5 Å². The molecule has 0 bridgehead atoms. The van der Waals surface area contributed by atoms with Crippen LogP contribution in [0.25, 0.3) is 0 Å². The highest BCUT2D eigenvalue weighted by Gasteiger charge is 2.23. The molecule has 0 saturated heterocycles. The normalized spacial score (nSPS) is 18.3.